The van der Waals surface area contributed by atoms with Crippen LogP contribution in [0.4, 0.5) is 0 Å². The summed E-state index contributed by atoms with van der Waals surface area (Å²) in [6, 6.07) is 12.4. The van der Waals surface area contributed by atoms with Crippen molar-refractivity contribution in [2.75, 3.05) is 6.61 Å². The molecule has 1 aromatic carbocycles. The topological polar surface area (TPSA) is 103 Å². The zero-order valence-electron chi connectivity index (χ0n) is 17.5. The summed E-state index contributed by atoms with van der Waals surface area (Å²) in [5.74, 6) is -0.467. The van der Waals surface area contributed by atoms with E-state index < -0.39 is 15.9 Å². The second-order valence-electron chi connectivity index (χ2n) is 8.12. The molecule has 1 aliphatic rings. The van der Waals surface area contributed by atoms with Gasteiger partial charge in [0.05, 0.1) is 22.8 Å². The average Bonchev–Trinajstić information content (AvgIpc) is 3.31. The Bertz CT molecular complexity index is 1220. The highest BCUT2D eigenvalue weighted by atomic mass is 35.5. The Morgan fingerprint density at radius 2 is 1.94 bits per heavy atom. The van der Waals surface area contributed by atoms with Gasteiger partial charge in [-0.25, -0.2) is 22.8 Å². The second-order valence-corrected chi connectivity index (χ2v) is 10.2. The summed E-state index contributed by atoms with van der Waals surface area (Å²) in [6.07, 6.45) is 5.31. The predicted molar refractivity (Wildman–Crippen MR) is 119 cm³/mol. The molecule has 2 heterocycles. The van der Waals surface area contributed by atoms with Gasteiger partial charge >= 0.3 is 0 Å². The Labute approximate surface area is 191 Å². The van der Waals surface area contributed by atoms with Crippen LogP contribution in [-0.4, -0.2) is 35.7 Å². The minimum atomic E-state index is -4.02. The Balaban J connectivity index is 1.39. The first-order chi connectivity index (χ1) is 15.3. The monoisotopic (exact) mass is 474 g/mol. The number of benzene rings is 1. The Morgan fingerprint density at radius 1 is 1.19 bits per heavy atom. The van der Waals surface area contributed by atoms with Crippen LogP contribution in [0, 0.1) is 5.41 Å². The summed E-state index contributed by atoms with van der Waals surface area (Å²) >= 11 is 6.17. The number of ether oxygens (including phenoxy) is 1. The number of hydrogen-bond acceptors (Lipinski definition) is 6. The number of sulfonamides is 1. The van der Waals surface area contributed by atoms with E-state index in [-0.39, 0.29) is 15.6 Å². The highest BCUT2D eigenvalue weighted by Gasteiger charge is 2.36. The summed E-state index contributed by atoms with van der Waals surface area (Å²) in [5, 5.41) is 4.29. The minimum Gasteiger partial charge on any atom is -0.375 e. The molecular formula is C22H23ClN4O4S. The van der Waals surface area contributed by atoms with Gasteiger partial charge in [0, 0.05) is 12.8 Å². The molecule has 32 heavy (non-hydrogen) atoms. The molecule has 2 aromatic heterocycles. The fraction of sp³-hybridized carbons (Fsp3) is 0.318. The molecule has 1 fully saturated rings. The molecular weight excluding hydrogens is 452 g/mol. The van der Waals surface area contributed by atoms with Crippen molar-refractivity contribution in [3.63, 3.8) is 0 Å². The van der Waals surface area contributed by atoms with Crippen molar-refractivity contribution in [3.8, 4) is 5.82 Å². The lowest BCUT2D eigenvalue weighted by atomic mass is 10.1. The maximum atomic E-state index is 12.5. The van der Waals surface area contributed by atoms with Gasteiger partial charge in [0.1, 0.15) is 5.15 Å². The molecule has 1 saturated carbocycles. The fourth-order valence-electron chi connectivity index (χ4n) is 3.08. The van der Waals surface area contributed by atoms with Crippen LogP contribution < -0.4 is 4.72 Å². The van der Waals surface area contributed by atoms with Crippen LogP contribution in [0.3, 0.4) is 0 Å². The molecule has 1 amide bonds. The van der Waals surface area contributed by atoms with E-state index in [2.05, 4.69) is 17.0 Å². The lowest BCUT2D eigenvalue weighted by Crippen LogP contribution is -2.31. The van der Waals surface area contributed by atoms with Gasteiger partial charge in [-0.2, -0.15) is 5.10 Å². The maximum absolute atomic E-state index is 12.5. The molecule has 4 rings (SSSR count). The molecule has 0 spiro atoms. The molecule has 0 radical (unpaired) electrons. The number of halogens is 1. The molecule has 0 bridgehead atoms. The lowest BCUT2D eigenvalue weighted by molar-refractivity contribution is 0.0981. The molecule has 0 saturated heterocycles. The normalized spacial score (nSPS) is 14.8. The van der Waals surface area contributed by atoms with E-state index in [0.29, 0.717) is 24.4 Å². The maximum Gasteiger partial charge on any atom is 0.268 e. The molecule has 10 heteroatoms. The van der Waals surface area contributed by atoms with Crippen molar-refractivity contribution >= 4 is 27.5 Å². The van der Waals surface area contributed by atoms with Crippen LogP contribution >= 0.6 is 11.6 Å². The molecule has 0 unspecified atom stereocenters. The highest BCUT2D eigenvalue weighted by Crippen LogP contribution is 2.47. The van der Waals surface area contributed by atoms with Gasteiger partial charge in [0.2, 0.25) is 0 Å². The van der Waals surface area contributed by atoms with Gasteiger partial charge in [-0.15, -0.1) is 0 Å². The predicted octanol–water partition coefficient (Wildman–Crippen LogP) is 3.75. The van der Waals surface area contributed by atoms with E-state index in [1.54, 1.807) is 30.5 Å². The zero-order chi connectivity index (χ0) is 22.8. The summed E-state index contributed by atoms with van der Waals surface area (Å²) in [4.78, 5) is 16.6. The molecule has 0 atom stereocenters. The van der Waals surface area contributed by atoms with Gasteiger partial charge in [0.25, 0.3) is 15.9 Å². The number of rotatable bonds is 9. The van der Waals surface area contributed by atoms with Gasteiger partial charge in [-0.3, -0.25) is 4.79 Å². The van der Waals surface area contributed by atoms with Crippen molar-refractivity contribution in [2.24, 2.45) is 5.41 Å². The quantitative estimate of drug-likeness (QED) is 0.374. The van der Waals surface area contributed by atoms with Crippen LogP contribution in [0.15, 0.2) is 59.6 Å². The first kappa shape index (κ1) is 22.4. The summed E-state index contributed by atoms with van der Waals surface area (Å²) in [7, 11) is -4.02. The standard InChI is InChI=1S/C22H23ClN4O4S/c1-22(10-11-22)12-14-31-15-16-9-13-27(25-16)19-8-7-18(20(23)24-19)21(28)26-32(29,30)17-5-3-2-4-6-17/h2-9,13H,10-12,14-15H2,1H3,(H,26,28). The van der Waals surface area contributed by atoms with Gasteiger partial charge in [0.15, 0.2) is 5.82 Å². The minimum absolute atomic E-state index is 0.0217. The van der Waals surface area contributed by atoms with E-state index in [4.69, 9.17) is 16.3 Å². The lowest BCUT2D eigenvalue weighted by Gasteiger charge is -2.09. The number of nitrogens with one attached hydrogen (secondary N) is 1. The summed E-state index contributed by atoms with van der Waals surface area (Å²) in [5.41, 5.74) is 1.15. The number of carbonyl (C=O) groups is 1. The van der Waals surface area contributed by atoms with Gasteiger partial charge in [-0.1, -0.05) is 36.7 Å². The van der Waals surface area contributed by atoms with Crippen LogP contribution in [-0.2, 0) is 21.4 Å². The molecule has 8 nitrogen and oxygen atoms in total. The molecule has 1 N–H and O–H groups in total. The molecule has 0 aliphatic heterocycles. The van der Waals surface area contributed by atoms with E-state index >= 15 is 0 Å². The Morgan fingerprint density at radius 3 is 2.62 bits per heavy atom. The highest BCUT2D eigenvalue weighted by molar-refractivity contribution is 7.90. The van der Waals surface area contributed by atoms with E-state index in [1.165, 1.54) is 35.7 Å². The van der Waals surface area contributed by atoms with Crippen molar-refractivity contribution in [2.45, 2.75) is 37.7 Å². The van der Waals surface area contributed by atoms with Gasteiger partial charge < -0.3 is 4.74 Å². The second kappa shape index (κ2) is 9.01. The molecule has 168 valence electrons. The van der Waals surface area contributed by atoms with Gasteiger partial charge in [-0.05, 0) is 55.0 Å². The van der Waals surface area contributed by atoms with Crippen molar-refractivity contribution < 1.29 is 17.9 Å². The summed E-state index contributed by atoms with van der Waals surface area (Å²) < 4.78 is 34.0. The third-order valence-corrected chi connectivity index (χ3v) is 7.08. The van der Waals surface area contributed by atoms with Crippen molar-refractivity contribution in [3.05, 3.63) is 71.1 Å². The molecule has 3 aromatic rings. The smallest absolute Gasteiger partial charge is 0.268 e. The Kier molecular flexibility index (Phi) is 6.32. The summed E-state index contributed by atoms with van der Waals surface area (Å²) in [6.45, 7) is 3.36. The third-order valence-electron chi connectivity index (χ3n) is 5.44. The van der Waals surface area contributed by atoms with E-state index in [9.17, 15) is 13.2 Å². The van der Waals surface area contributed by atoms with E-state index in [1.807, 2.05) is 10.8 Å². The number of amides is 1. The number of nitrogens with zero attached hydrogens (tertiary/aromatic N) is 3. The average molecular weight is 475 g/mol. The number of pyridine rings is 1. The largest absolute Gasteiger partial charge is 0.375 e. The number of aromatic nitrogens is 3. The Hall–Kier alpha value is -2.75. The fourth-order valence-corrected chi connectivity index (χ4v) is 4.30. The van der Waals surface area contributed by atoms with E-state index in [0.717, 1.165) is 12.1 Å². The SMILES string of the molecule is CC1(CCOCc2ccn(-c3ccc(C(=O)NS(=O)(=O)c4ccccc4)c(Cl)n3)n2)CC1. The van der Waals surface area contributed by atoms with Crippen LogP contribution in [0.1, 0.15) is 42.2 Å². The number of hydrogen-bond donors (Lipinski definition) is 1. The van der Waals surface area contributed by atoms with Crippen LogP contribution in [0.25, 0.3) is 5.82 Å². The first-order valence-corrected chi connectivity index (χ1v) is 12.0. The van der Waals surface area contributed by atoms with Crippen molar-refractivity contribution in [1.82, 2.24) is 19.5 Å². The molecule has 1 aliphatic carbocycles. The zero-order valence-corrected chi connectivity index (χ0v) is 19.1. The number of carbonyl (C=O) groups excluding carboxylic acids is 1. The first-order valence-electron chi connectivity index (χ1n) is 10.2. The van der Waals surface area contributed by atoms with Crippen LogP contribution in [0.5, 0.6) is 0 Å². The van der Waals surface area contributed by atoms with Crippen molar-refractivity contribution in [1.29, 1.82) is 0 Å². The van der Waals surface area contributed by atoms with Crippen LogP contribution in [0.2, 0.25) is 5.15 Å². The third kappa shape index (κ3) is 5.35.